The summed E-state index contributed by atoms with van der Waals surface area (Å²) in [6.07, 6.45) is 7.74. The largest absolute Gasteiger partial charge is 0.384 e. The summed E-state index contributed by atoms with van der Waals surface area (Å²) < 4.78 is 0. The minimum atomic E-state index is 0.549. The summed E-state index contributed by atoms with van der Waals surface area (Å²) in [4.78, 5) is 4.50. The number of anilines is 2. The van der Waals surface area contributed by atoms with E-state index in [1.165, 1.54) is 25.7 Å². The third-order valence-electron chi connectivity index (χ3n) is 4.95. The van der Waals surface area contributed by atoms with Gasteiger partial charge in [-0.1, -0.05) is 6.42 Å². The number of aromatic nitrogens is 1. The van der Waals surface area contributed by atoms with Gasteiger partial charge in [-0.05, 0) is 63.0 Å². The van der Waals surface area contributed by atoms with Crippen LogP contribution < -0.4 is 10.6 Å². The monoisotopic (exact) mass is 259 g/mol. The van der Waals surface area contributed by atoms with Crippen molar-refractivity contribution in [3.63, 3.8) is 0 Å². The van der Waals surface area contributed by atoms with Gasteiger partial charge in [-0.25, -0.2) is 4.98 Å². The lowest BCUT2D eigenvalue weighted by Crippen LogP contribution is -2.30. The third kappa shape index (κ3) is 2.70. The molecule has 0 radical (unpaired) electrons. The third-order valence-corrected chi connectivity index (χ3v) is 4.95. The molecule has 2 bridgehead atoms. The number of hydrogen-bond donors (Lipinski definition) is 2. The Morgan fingerprint density at radius 3 is 2.79 bits per heavy atom. The fourth-order valence-corrected chi connectivity index (χ4v) is 4.03. The first kappa shape index (κ1) is 12.8. The number of hydrogen-bond acceptors (Lipinski definition) is 3. The lowest BCUT2D eigenvalue weighted by molar-refractivity contribution is 0.304. The van der Waals surface area contributed by atoms with Crippen LogP contribution >= 0.6 is 0 Å². The predicted octanol–water partition coefficient (Wildman–Crippen LogP) is 3.75. The topological polar surface area (TPSA) is 37.0 Å². The number of nitrogens with zero attached hydrogens (tertiary/aromatic N) is 1. The molecule has 1 heterocycles. The Labute approximate surface area is 116 Å². The van der Waals surface area contributed by atoms with E-state index in [2.05, 4.69) is 41.6 Å². The number of pyridine rings is 1. The maximum absolute atomic E-state index is 4.50. The van der Waals surface area contributed by atoms with Gasteiger partial charge >= 0.3 is 0 Å². The molecule has 2 fully saturated rings. The van der Waals surface area contributed by atoms with Crippen molar-refractivity contribution in [1.29, 1.82) is 0 Å². The molecule has 4 unspecified atom stereocenters. The lowest BCUT2D eigenvalue weighted by Gasteiger charge is -2.28. The zero-order valence-electron chi connectivity index (χ0n) is 12.0. The summed E-state index contributed by atoms with van der Waals surface area (Å²) in [6, 6.07) is 4.74. The van der Waals surface area contributed by atoms with E-state index in [1.54, 1.807) is 0 Å². The summed E-state index contributed by atoms with van der Waals surface area (Å²) in [5.74, 6) is 3.85. The summed E-state index contributed by atoms with van der Waals surface area (Å²) in [6.45, 7) is 5.37. The molecule has 1 aromatic rings. The van der Waals surface area contributed by atoms with Gasteiger partial charge < -0.3 is 10.6 Å². The molecule has 19 heavy (non-hydrogen) atoms. The average Bonchev–Trinajstić information content (AvgIpc) is 3.04. The zero-order valence-corrected chi connectivity index (χ0v) is 12.0. The summed E-state index contributed by atoms with van der Waals surface area (Å²) >= 11 is 0. The molecule has 3 nitrogen and oxygen atoms in total. The van der Waals surface area contributed by atoms with Gasteiger partial charge in [-0.15, -0.1) is 0 Å². The fraction of sp³-hybridized carbons (Fsp3) is 0.688. The van der Waals surface area contributed by atoms with E-state index >= 15 is 0 Å². The molecule has 0 aliphatic heterocycles. The van der Waals surface area contributed by atoms with Gasteiger partial charge in [-0.3, -0.25) is 0 Å². The number of fused-ring (bicyclic) bond motifs is 2. The normalized spacial score (nSPS) is 30.3. The smallest absolute Gasteiger partial charge is 0.126 e. The molecule has 2 aliphatic carbocycles. The Balaban J connectivity index is 1.58. The molecule has 0 amide bonds. The molecule has 4 atom stereocenters. The predicted molar refractivity (Wildman–Crippen MR) is 80.4 cm³/mol. The molecule has 2 aliphatic rings. The van der Waals surface area contributed by atoms with E-state index in [4.69, 9.17) is 0 Å². The maximum atomic E-state index is 4.50. The minimum Gasteiger partial charge on any atom is -0.384 e. The van der Waals surface area contributed by atoms with Gasteiger partial charge in [0.2, 0.25) is 0 Å². The van der Waals surface area contributed by atoms with E-state index < -0.39 is 0 Å². The minimum absolute atomic E-state index is 0.549. The van der Waals surface area contributed by atoms with E-state index in [1.807, 2.05) is 6.20 Å². The van der Waals surface area contributed by atoms with Crippen LogP contribution in [-0.2, 0) is 0 Å². The molecule has 104 valence electrons. The molecular weight excluding hydrogens is 234 g/mol. The second-order valence-electron chi connectivity index (χ2n) is 6.23. The molecule has 0 saturated heterocycles. The maximum Gasteiger partial charge on any atom is 0.126 e. The summed E-state index contributed by atoms with van der Waals surface area (Å²) in [7, 11) is 0. The van der Waals surface area contributed by atoms with Crippen molar-refractivity contribution in [2.45, 2.75) is 45.6 Å². The highest BCUT2D eigenvalue weighted by Crippen LogP contribution is 2.49. The van der Waals surface area contributed by atoms with Crippen LogP contribution in [0.3, 0.4) is 0 Å². The van der Waals surface area contributed by atoms with E-state index in [-0.39, 0.29) is 0 Å². The van der Waals surface area contributed by atoms with Crippen molar-refractivity contribution < 1.29 is 0 Å². The first-order valence-electron chi connectivity index (χ1n) is 7.72. The average molecular weight is 259 g/mol. The van der Waals surface area contributed by atoms with E-state index in [0.717, 1.165) is 35.8 Å². The van der Waals surface area contributed by atoms with E-state index in [9.17, 15) is 0 Å². The lowest BCUT2D eigenvalue weighted by atomic mass is 9.84. The van der Waals surface area contributed by atoms with Gasteiger partial charge in [-0.2, -0.15) is 0 Å². The standard InChI is InChI=1S/C16H25N3/c1-3-17-14-6-7-16(18-10-14)19-11(2)15-9-12-4-5-13(15)8-12/h6-7,10-13,15,17H,3-5,8-9H2,1-2H3,(H,18,19). The van der Waals surface area contributed by atoms with Crippen molar-refractivity contribution in [2.24, 2.45) is 17.8 Å². The van der Waals surface area contributed by atoms with Crippen molar-refractivity contribution in [1.82, 2.24) is 4.98 Å². The number of nitrogens with one attached hydrogen (secondary N) is 2. The Kier molecular flexibility index (Phi) is 3.63. The van der Waals surface area contributed by atoms with Crippen LogP contribution in [0.1, 0.15) is 39.5 Å². The number of rotatable bonds is 5. The second kappa shape index (κ2) is 5.40. The second-order valence-corrected chi connectivity index (χ2v) is 6.23. The molecular formula is C16H25N3. The van der Waals surface area contributed by atoms with Gasteiger partial charge in [0.1, 0.15) is 5.82 Å². The highest BCUT2D eigenvalue weighted by atomic mass is 15.0. The van der Waals surface area contributed by atoms with Crippen LogP contribution in [0.2, 0.25) is 0 Å². The molecule has 2 saturated carbocycles. The first-order valence-corrected chi connectivity index (χ1v) is 7.72. The quantitative estimate of drug-likeness (QED) is 0.845. The van der Waals surface area contributed by atoms with Gasteiger partial charge in [0.25, 0.3) is 0 Å². The van der Waals surface area contributed by atoms with Crippen molar-refractivity contribution >= 4 is 11.5 Å². The van der Waals surface area contributed by atoms with Crippen LogP contribution in [0.4, 0.5) is 11.5 Å². The van der Waals surface area contributed by atoms with Crippen LogP contribution in [0.5, 0.6) is 0 Å². The van der Waals surface area contributed by atoms with E-state index in [0.29, 0.717) is 6.04 Å². The van der Waals surface area contributed by atoms with Crippen LogP contribution in [0, 0.1) is 17.8 Å². The molecule has 0 aromatic carbocycles. The fourth-order valence-electron chi connectivity index (χ4n) is 4.03. The van der Waals surface area contributed by atoms with Crippen LogP contribution in [-0.4, -0.2) is 17.6 Å². The molecule has 2 N–H and O–H groups in total. The first-order chi connectivity index (χ1) is 9.26. The Morgan fingerprint density at radius 1 is 1.32 bits per heavy atom. The molecule has 3 heteroatoms. The van der Waals surface area contributed by atoms with Gasteiger partial charge in [0.15, 0.2) is 0 Å². The summed E-state index contributed by atoms with van der Waals surface area (Å²) in [5, 5.41) is 6.87. The SMILES string of the molecule is CCNc1ccc(NC(C)C2CC3CCC2C3)nc1. The van der Waals surface area contributed by atoms with Crippen molar-refractivity contribution in [3.05, 3.63) is 18.3 Å². The highest BCUT2D eigenvalue weighted by Gasteiger charge is 2.41. The van der Waals surface area contributed by atoms with Gasteiger partial charge in [0, 0.05) is 12.6 Å². The Bertz CT molecular complexity index is 415. The van der Waals surface area contributed by atoms with Crippen molar-refractivity contribution in [3.8, 4) is 0 Å². The Morgan fingerprint density at radius 2 is 2.21 bits per heavy atom. The zero-order chi connectivity index (χ0) is 13.2. The highest BCUT2D eigenvalue weighted by molar-refractivity contribution is 5.47. The van der Waals surface area contributed by atoms with Crippen LogP contribution in [0.15, 0.2) is 18.3 Å². The molecule has 3 rings (SSSR count). The van der Waals surface area contributed by atoms with Crippen molar-refractivity contribution in [2.75, 3.05) is 17.2 Å². The summed E-state index contributed by atoms with van der Waals surface area (Å²) in [5.41, 5.74) is 1.10. The Hall–Kier alpha value is -1.25. The van der Waals surface area contributed by atoms with Gasteiger partial charge in [0.05, 0.1) is 11.9 Å². The molecule has 0 spiro atoms. The molecule has 1 aromatic heterocycles. The van der Waals surface area contributed by atoms with Crippen LogP contribution in [0.25, 0.3) is 0 Å².